The second kappa shape index (κ2) is 7.08. The van der Waals surface area contributed by atoms with E-state index in [0.29, 0.717) is 23.1 Å². The predicted octanol–water partition coefficient (Wildman–Crippen LogP) is 7.23. The Morgan fingerprint density at radius 3 is 2.18 bits per heavy atom. The van der Waals surface area contributed by atoms with E-state index in [-0.39, 0.29) is 5.82 Å². The molecule has 144 valence electrons. The van der Waals surface area contributed by atoms with Crippen molar-refractivity contribution < 1.29 is 17.6 Å². The second-order valence-corrected chi connectivity index (χ2v) is 7.27. The number of rotatable bonds is 3. The van der Waals surface area contributed by atoms with Gasteiger partial charge in [-0.1, -0.05) is 55.8 Å². The van der Waals surface area contributed by atoms with Gasteiger partial charge >= 0.3 is 6.18 Å². The van der Waals surface area contributed by atoms with Crippen LogP contribution in [0.1, 0.15) is 35.6 Å². The van der Waals surface area contributed by atoms with Gasteiger partial charge in [0.05, 0.1) is 5.56 Å². The van der Waals surface area contributed by atoms with E-state index in [2.05, 4.69) is 25.1 Å². The number of benzene rings is 3. The first kappa shape index (κ1) is 18.7. The van der Waals surface area contributed by atoms with Crippen LogP contribution in [0.4, 0.5) is 17.6 Å². The summed E-state index contributed by atoms with van der Waals surface area (Å²) in [5.74, 6) is -0.333. The van der Waals surface area contributed by atoms with Crippen LogP contribution in [0.2, 0.25) is 0 Å². The molecule has 0 bridgehead atoms. The maximum atomic E-state index is 15.2. The van der Waals surface area contributed by atoms with Crippen molar-refractivity contribution in [2.24, 2.45) is 0 Å². The van der Waals surface area contributed by atoms with Crippen LogP contribution in [0.15, 0.2) is 54.6 Å². The molecule has 0 aliphatic heterocycles. The molecule has 0 fully saturated rings. The summed E-state index contributed by atoms with van der Waals surface area (Å²) >= 11 is 0. The van der Waals surface area contributed by atoms with E-state index in [9.17, 15) is 13.2 Å². The molecular weight excluding hydrogens is 364 g/mol. The van der Waals surface area contributed by atoms with Crippen LogP contribution in [0.5, 0.6) is 0 Å². The summed E-state index contributed by atoms with van der Waals surface area (Å²) < 4.78 is 53.6. The molecule has 1 aliphatic rings. The Balaban J connectivity index is 1.73. The lowest BCUT2D eigenvalue weighted by atomic mass is 9.82. The molecule has 0 saturated heterocycles. The number of aryl methyl sites for hydroxylation is 2. The fourth-order valence-corrected chi connectivity index (χ4v) is 4.00. The van der Waals surface area contributed by atoms with Crippen molar-refractivity contribution in [2.45, 2.75) is 38.8 Å². The first-order valence-electron chi connectivity index (χ1n) is 9.49. The molecule has 0 radical (unpaired) electrons. The standard InChI is InChI=1S/C24H20F4/c1-2-3-15-4-10-19-17(14-15)7-11-22-21(19)13-12-20(23(22)25)16-5-8-18(9-6-16)24(26,27)28/h4-6,8-10,12-14H,2-3,7,11H2,1H3. The molecule has 0 amide bonds. The number of fused-ring (bicyclic) bond motifs is 3. The van der Waals surface area contributed by atoms with E-state index in [0.717, 1.165) is 42.5 Å². The van der Waals surface area contributed by atoms with Gasteiger partial charge in [0.1, 0.15) is 5.82 Å². The van der Waals surface area contributed by atoms with E-state index in [1.54, 1.807) is 6.07 Å². The van der Waals surface area contributed by atoms with Crippen molar-refractivity contribution in [1.29, 1.82) is 0 Å². The molecule has 0 aromatic heterocycles. The molecule has 28 heavy (non-hydrogen) atoms. The first-order chi connectivity index (χ1) is 13.4. The zero-order valence-corrected chi connectivity index (χ0v) is 15.5. The Hall–Kier alpha value is -2.62. The summed E-state index contributed by atoms with van der Waals surface area (Å²) in [4.78, 5) is 0. The van der Waals surface area contributed by atoms with E-state index in [4.69, 9.17) is 0 Å². The van der Waals surface area contributed by atoms with Gasteiger partial charge in [0.15, 0.2) is 0 Å². The average Bonchev–Trinajstić information content (AvgIpc) is 2.67. The van der Waals surface area contributed by atoms with Crippen LogP contribution in [0.25, 0.3) is 22.3 Å². The lowest BCUT2D eigenvalue weighted by Gasteiger charge is -2.22. The molecule has 0 heterocycles. The van der Waals surface area contributed by atoms with Crippen LogP contribution in [-0.2, 0) is 25.4 Å². The van der Waals surface area contributed by atoms with E-state index in [1.165, 1.54) is 23.3 Å². The largest absolute Gasteiger partial charge is 0.416 e. The number of hydrogen-bond donors (Lipinski definition) is 0. The highest BCUT2D eigenvalue weighted by Gasteiger charge is 2.30. The fourth-order valence-electron chi connectivity index (χ4n) is 4.00. The van der Waals surface area contributed by atoms with Gasteiger partial charge in [-0.2, -0.15) is 13.2 Å². The molecule has 4 heteroatoms. The Morgan fingerprint density at radius 1 is 0.821 bits per heavy atom. The molecule has 4 rings (SSSR count). The monoisotopic (exact) mass is 384 g/mol. The van der Waals surface area contributed by atoms with Gasteiger partial charge in [0.2, 0.25) is 0 Å². The molecule has 1 aliphatic carbocycles. The highest BCUT2D eigenvalue weighted by atomic mass is 19.4. The molecule has 0 nitrogen and oxygen atoms in total. The maximum Gasteiger partial charge on any atom is 0.416 e. The van der Waals surface area contributed by atoms with Crippen LogP contribution >= 0.6 is 0 Å². The maximum absolute atomic E-state index is 15.2. The van der Waals surface area contributed by atoms with Crippen LogP contribution in [-0.4, -0.2) is 0 Å². The van der Waals surface area contributed by atoms with Gasteiger partial charge in [-0.25, -0.2) is 4.39 Å². The predicted molar refractivity (Wildman–Crippen MR) is 104 cm³/mol. The highest BCUT2D eigenvalue weighted by Crippen LogP contribution is 2.39. The van der Waals surface area contributed by atoms with Crippen molar-refractivity contribution >= 4 is 0 Å². The topological polar surface area (TPSA) is 0 Å². The molecule has 0 N–H and O–H groups in total. The molecule has 3 aromatic rings. The van der Waals surface area contributed by atoms with Crippen molar-refractivity contribution in [3.05, 3.63) is 82.7 Å². The minimum Gasteiger partial charge on any atom is -0.206 e. The normalized spacial score (nSPS) is 13.2. The summed E-state index contributed by atoms with van der Waals surface area (Å²) in [5, 5.41) is 0. The third-order valence-electron chi connectivity index (χ3n) is 5.41. The van der Waals surface area contributed by atoms with Gasteiger partial charge in [-0.05, 0) is 64.8 Å². The minimum absolute atomic E-state index is 0.333. The summed E-state index contributed by atoms with van der Waals surface area (Å²) in [5.41, 5.74) is 5.19. The van der Waals surface area contributed by atoms with Gasteiger partial charge in [0, 0.05) is 5.56 Å². The molecule has 3 aromatic carbocycles. The molecule has 0 unspecified atom stereocenters. The highest BCUT2D eigenvalue weighted by molar-refractivity contribution is 5.78. The van der Waals surface area contributed by atoms with Crippen molar-refractivity contribution in [1.82, 2.24) is 0 Å². The van der Waals surface area contributed by atoms with Gasteiger partial charge in [0.25, 0.3) is 0 Å². The number of halogens is 4. The summed E-state index contributed by atoms with van der Waals surface area (Å²) in [6.07, 6.45) is -0.916. The Kier molecular flexibility index (Phi) is 4.74. The number of hydrogen-bond acceptors (Lipinski definition) is 0. The van der Waals surface area contributed by atoms with Crippen molar-refractivity contribution in [2.75, 3.05) is 0 Å². The zero-order chi connectivity index (χ0) is 19.9. The van der Waals surface area contributed by atoms with E-state index >= 15 is 4.39 Å². The first-order valence-corrected chi connectivity index (χ1v) is 9.49. The fraction of sp³-hybridized carbons (Fsp3) is 0.250. The van der Waals surface area contributed by atoms with Crippen LogP contribution in [0, 0.1) is 5.82 Å². The molecule has 0 spiro atoms. The SMILES string of the molecule is CCCc1ccc2c(c1)CCc1c-2ccc(-c2ccc(C(F)(F)F)cc2)c1F. The summed E-state index contributed by atoms with van der Waals surface area (Å²) in [7, 11) is 0. The molecular formula is C24H20F4. The van der Waals surface area contributed by atoms with Gasteiger partial charge in [-0.3, -0.25) is 0 Å². The van der Waals surface area contributed by atoms with Crippen molar-refractivity contribution in [3.8, 4) is 22.3 Å². The van der Waals surface area contributed by atoms with E-state index in [1.807, 2.05) is 6.07 Å². The van der Waals surface area contributed by atoms with Crippen LogP contribution in [0.3, 0.4) is 0 Å². The Labute approximate surface area is 161 Å². The average molecular weight is 384 g/mol. The van der Waals surface area contributed by atoms with Crippen LogP contribution < -0.4 is 0 Å². The number of alkyl halides is 3. The Morgan fingerprint density at radius 2 is 1.50 bits per heavy atom. The van der Waals surface area contributed by atoms with Gasteiger partial charge in [-0.15, -0.1) is 0 Å². The molecule has 0 atom stereocenters. The van der Waals surface area contributed by atoms with Crippen molar-refractivity contribution in [3.63, 3.8) is 0 Å². The zero-order valence-electron chi connectivity index (χ0n) is 15.5. The third kappa shape index (κ3) is 3.32. The quantitative estimate of drug-likeness (QED) is 0.418. The lowest BCUT2D eigenvalue weighted by Crippen LogP contribution is -2.08. The smallest absolute Gasteiger partial charge is 0.206 e. The Bertz CT molecular complexity index is 1010. The molecule has 0 saturated carbocycles. The minimum atomic E-state index is -4.40. The van der Waals surface area contributed by atoms with E-state index < -0.39 is 11.7 Å². The third-order valence-corrected chi connectivity index (χ3v) is 5.41. The lowest BCUT2D eigenvalue weighted by molar-refractivity contribution is -0.137. The summed E-state index contributed by atoms with van der Waals surface area (Å²) in [6, 6.07) is 14.6. The van der Waals surface area contributed by atoms with Gasteiger partial charge < -0.3 is 0 Å². The second-order valence-electron chi connectivity index (χ2n) is 7.27. The summed E-state index contributed by atoms with van der Waals surface area (Å²) in [6.45, 7) is 2.15.